The first kappa shape index (κ1) is 13.7. The molecule has 0 radical (unpaired) electrons. The molecule has 0 fully saturated rings. The maximum atomic E-state index is 5.14. The smallest absolute Gasteiger partial charge is 0.0766 e. The fourth-order valence-electron chi connectivity index (χ4n) is 1.72. The van der Waals surface area contributed by atoms with Crippen LogP contribution < -0.4 is 5.32 Å². The summed E-state index contributed by atoms with van der Waals surface area (Å²) in [6.45, 7) is 1.87. The molecule has 92 valence electrons. The van der Waals surface area contributed by atoms with E-state index >= 15 is 0 Å². The minimum Gasteiger partial charge on any atom is -0.349 e. The van der Waals surface area contributed by atoms with E-state index < -0.39 is 0 Å². The quantitative estimate of drug-likeness (QED) is 0.672. The summed E-state index contributed by atoms with van der Waals surface area (Å²) in [5.41, 5.74) is 3.26. The first-order chi connectivity index (χ1) is 8.58. The topological polar surface area (TPSA) is 12.0 Å². The lowest BCUT2D eigenvalue weighted by molar-refractivity contribution is 1.53. The van der Waals surface area contributed by atoms with Gasteiger partial charge in [-0.25, -0.2) is 0 Å². The molecular formula is C14H11Br2NS. The predicted molar refractivity (Wildman–Crippen MR) is 89.2 cm³/mol. The first-order valence-electron chi connectivity index (χ1n) is 5.40. The number of thiocarbonyl (C=S) groups is 1. The molecule has 2 rings (SSSR count). The maximum absolute atomic E-state index is 5.14. The summed E-state index contributed by atoms with van der Waals surface area (Å²) in [4.78, 5) is 0.746. The van der Waals surface area contributed by atoms with Crippen molar-refractivity contribution < 1.29 is 0 Å². The third kappa shape index (κ3) is 3.19. The summed E-state index contributed by atoms with van der Waals surface area (Å²) < 4.78 is 2.01. The number of nitrogens with one attached hydrogen (secondary N) is 1. The second-order valence-corrected chi connectivity index (χ2v) is 6.24. The van der Waals surface area contributed by atoms with Crippen molar-refractivity contribution in [3.8, 4) is 11.1 Å². The highest BCUT2D eigenvalue weighted by molar-refractivity contribution is 9.11. The minimum atomic E-state index is 0.746. The molecule has 2 aromatic carbocycles. The van der Waals surface area contributed by atoms with Gasteiger partial charge >= 0.3 is 0 Å². The van der Waals surface area contributed by atoms with Crippen LogP contribution in [0.4, 0.5) is 5.69 Å². The van der Waals surface area contributed by atoms with Gasteiger partial charge in [-0.05, 0) is 40.5 Å². The molecule has 0 saturated carbocycles. The molecule has 0 heterocycles. The molecule has 18 heavy (non-hydrogen) atoms. The molecule has 0 amide bonds. The van der Waals surface area contributed by atoms with Crippen LogP contribution in [0, 0.1) is 0 Å². The highest BCUT2D eigenvalue weighted by atomic mass is 79.9. The highest BCUT2D eigenvalue weighted by Gasteiger charge is 2.10. The van der Waals surface area contributed by atoms with E-state index in [0.29, 0.717) is 0 Å². The van der Waals surface area contributed by atoms with E-state index in [1.807, 2.05) is 31.2 Å². The normalized spacial score (nSPS) is 10.2. The van der Waals surface area contributed by atoms with Gasteiger partial charge in [-0.15, -0.1) is 0 Å². The predicted octanol–water partition coefficient (Wildman–Crippen LogP) is 5.64. The molecule has 0 aromatic heterocycles. The zero-order chi connectivity index (χ0) is 13.1. The fourth-order valence-corrected chi connectivity index (χ4v) is 3.15. The second kappa shape index (κ2) is 5.95. The van der Waals surface area contributed by atoms with Crippen LogP contribution >= 0.6 is 44.1 Å². The molecule has 0 unspecified atom stereocenters. The average Bonchev–Trinajstić information content (AvgIpc) is 2.33. The van der Waals surface area contributed by atoms with E-state index in [9.17, 15) is 0 Å². The van der Waals surface area contributed by atoms with Gasteiger partial charge in [0.25, 0.3) is 0 Å². The van der Waals surface area contributed by atoms with Crippen LogP contribution in [0.25, 0.3) is 11.1 Å². The van der Waals surface area contributed by atoms with Gasteiger partial charge in [-0.3, -0.25) is 0 Å². The van der Waals surface area contributed by atoms with Crippen LogP contribution in [0.15, 0.2) is 51.4 Å². The van der Waals surface area contributed by atoms with E-state index in [2.05, 4.69) is 55.4 Å². The summed E-state index contributed by atoms with van der Waals surface area (Å²) in [7, 11) is 0. The monoisotopic (exact) mass is 383 g/mol. The van der Waals surface area contributed by atoms with Crippen LogP contribution in [0.1, 0.15) is 6.92 Å². The Labute approximate surface area is 129 Å². The summed E-state index contributed by atoms with van der Waals surface area (Å²) >= 11 is 12.2. The number of benzene rings is 2. The molecule has 1 N–H and O–H groups in total. The highest BCUT2D eigenvalue weighted by Crippen LogP contribution is 2.37. The summed E-state index contributed by atoms with van der Waals surface area (Å²) in [5.74, 6) is 0. The summed E-state index contributed by atoms with van der Waals surface area (Å²) in [5, 5.41) is 3.23. The van der Waals surface area contributed by atoms with Crippen LogP contribution in [-0.2, 0) is 0 Å². The zero-order valence-electron chi connectivity index (χ0n) is 9.71. The van der Waals surface area contributed by atoms with Gasteiger partial charge in [0.05, 0.1) is 10.7 Å². The van der Waals surface area contributed by atoms with Crippen LogP contribution in [0.2, 0.25) is 0 Å². The molecule has 0 aliphatic carbocycles. The average molecular weight is 385 g/mol. The first-order valence-corrected chi connectivity index (χ1v) is 7.39. The standard InChI is InChI=1S/C14H11Br2NS/c1-9(18)17-14-12(7-11(15)8-13(14)16)10-5-3-2-4-6-10/h2-8H,1H3,(H,17,18). The zero-order valence-corrected chi connectivity index (χ0v) is 13.7. The summed E-state index contributed by atoms with van der Waals surface area (Å²) in [6, 6.07) is 14.3. The van der Waals surface area contributed by atoms with Gasteiger partial charge < -0.3 is 5.32 Å². The van der Waals surface area contributed by atoms with Crippen LogP contribution in [-0.4, -0.2) is 4.99 Å². The number of hydrogen-bond acceptors (Lipinski definition) is 1. The number of anilines is 1. The Morgan fingerprint density at radius 2 is 1.78 bits per heavy atom. The summed E-state index contributed by atoms with van der Waals surface area (Å²) in [6.07, 6.45) is 0. The molecule has 4 heteroatoms. The third-order valence-electron chi connectivity index (χ3n) is 2.44. The van der Waals surface area contributed by atoms with Gasteiger partial charge in [0, 0.05) is 14.5 Å². The largest absolute Gasteiger partial charge is 0.349 e. The Balaban J connectivity index is 2.61. The molecule has 1 nitrogen and oxygen atoms in total. The SMILES string of the molecule is CC(=S)Nc1c(Br)cc(Br)cc1-c1ccccc1. The van der Waals surface area contributed by atoms with Crippen molar-refractivity contribution in [1.29, 1.82) is 0 Å². The van der Waals surface area contributed by atoms with Crippen molar-refractivity contribution in [1.82, 2.24) is 0 Å². The van der Waals surface area contributed by atoms with E-state index in [0.717, 1.165) is 30.7 Å². The molecule has 2 aromatic rings. The number of rotatable bonds is 2. The fraction of sp³-hybridized carbons (Fsp3) is 0.0714. The van der Waals surface area contributed by atoms with E-state index in [1.54, 1.807) is 0 Å². The van der Waals surface area contributed by atoms with Crippen molar-refractivity contribution >= 4 is 54.8 Å². The van der Waals surface area contributed by atoms with Gasteiger partial charge in [-0.1, -0.05) is 58.5 Å². The Morgan fingerprint density at radius 3 is 2.39 bits per heavy atom. The molecule has 0 bridgehead atoms. The Hall–Kier alpha value is -0.710. The Bertz CT molecular complexity index is 582. The molecule has 0 atom stereocenters. The second-order valence-electron chi connectivity index (χ2n) is 3.86. The number of hydrogen-bond donors (Lipinski definition) is 1. The Morgan fingerprint density at radius 1 is 1.11 bits per heavy atom. The molecule has 0 saturated heterocycles. The van der Waals surface area contributed by atoms with Crippen molar-refractivity contribution in [2.24, 2.45) is 0 Å². The van der Waals surface area contributed by atoms with Gasteiger partial charge in [0.15, 0.2) is 0 Å². The van der Waals surface area contributed by atoms with Gasteiger partial charge in [0.1, 0.15) is 0 Å². The Kier molecular flexibility index (Phi) is 4.54. The number of halogens is 2. The molecular weight excluding hydrogens is 374 g/mol. The lowest BCUT2D eigenvalue weighted by Crippen LogP contribution is -2.05. The maximum Gasteiger partial charge on any atom is 0.0766 e. The van der Waals surface area contributed by atoms with E-state index in [-0.39, 0.29) is 0 Å². The van der Waals surface area contributed by atoms with Crippen molar-refractivity contribution in [3.63, 3.8) is 0 Å². The minimum absolute atomic E-state index is 0.746. The molecule has 0 spiro atoms. The van der Waals surface area contributed by atoms with Crippen LogP contribution in [0.3, 0.4) is 0 Å². The van der Waals surface area contributed by atoms with E-state index in [4.69, 9.17) is 12.2 Å². The third-order valence-corrected chi connectivity index (χ3v) is 3.63. The molecule has 0 aliphatic rings. The van der Waals surface area contributed by atoms with Crippen molar-refractivity contribution in [2.45, 2.75) is 6.92 Å². The van der Waals surface area contributed by atoms with Crippen molar-refractivity contribution in [3.05, 3.63) is 51.4 Å². The van der Waals surface area contributed by atoms with Gasteiger partial charge in [-0.2, -0.15) is 0 Å². The van der Waals surface area contributed by atoms with E-state index in [1.165, 1.54) is 0 Å². The van der Waals surface area contributed by atoms with Crippen molar-refractivity contribution in [2.75, 3.05) is 5.32 Å². The lowest BCUT2D eigenvalue weighted by Gasteiger charge is -2.14. The van der Waals surface area contributed by atoms with Gasteiger partial charge in [0.2, 0.25) is 0 Å². The lowest BCUT2D eigenvalue weighted by atomic mass is 10.0. The molecule has 0 aliphatic heterocycles. The van der Waals surface area contributed by atoms with Crippen LogP contribution in [0.5, 0.6) is 0 Å².